The van der Waals surface area contributed by atoms with Gasteiger partial charge in [-0.3, -0.25) is 19.4 Å². The molecule has 4 rings (SSSR count). The number of amides is 2. The summed E-state index contributed by atoms with van der Waals surface area (Å²) >= 11 is 1.12. The number of nitrogens with zero attached hydrogens (tertiary/aromatic N) is 5. The van der Waals surface area contributed by atoms with Gasteiger partial charge in [0.1, 0.15) is 16.4 Å². The lowest BCUT2D eigenvalue weighted by atomic mass is 9.93. The van der Waals surface area contributed by atoms with Crippen LogP contribution >= 0.6 is 11.3 Å². The summed E-state index contributed by atoms with van der Waals surface area (Å²) in [4.78, 5) is 41.1. The molecular weight excluding hydrogens is 489 g/mol. The van der Waals surface area contributed by atoms with Gasteiger partial charge in [0.2, 0.25) is 5.43 Å². The minimum absolute atomic E-state index is 0.0132. The summed E-state index contributed by atoms with van der Waals surface area (Å²) in [5.41, 5.74) is -1.77. The van der Waals surface area contributed by atoms with Gasteiger partial charge in [-0.25, -0.2) is 10.2 Å². The van der Waals surface area contributed by atoms with E-state index in [0.29, 0.717) is 11.4 Å². The Labute approximate surface area is 209 Å². The first-order valence-corrected chi connectivity index (χ1v) is 11.9. The van der Waals surface area contributed by atoms with Crippen LogP contribution in [-0.2, 0) is 16.8 Å². The molecule has 1 aliphatic heterocycles. The van der Waals surface area contributed by atoms with Gasteiger partial charge in [-0.05, 0) is 38.6 Å². The molecule has 190 valence electrons. The topological polar surface area (TPSA) is 147 Å². The number of likely N-dealkylation sites (N-methyl/N-ethyl adjacent to an activating group) is 1. The molecule has 0 saturated heterocycles. The third-order valence-corrected chi connectivity index (χ3v) is 7.25. The zero-order valence-electron chi connectivity index (χ0n) is 20.1. The van der Waals surface area contributed by atoms with Crippen LogP contribution < -0.4 is 16.6 Å². The van der Waals surface area contributed by atoms with Gasteiger partial charge in [0.15, 0.2) is 16.5 Å². The van der Waals surface area contributed by atoms with Gasteiger partial charge in [0, 0.05) is 19.7 Å². The zero-order valence-corrected chi connectivity index (χ0v) is 21.0. The number of fused-ring (bicyclic) bond motifs is 1. The molecule has 3 aromatic rings. The van der Waals surface area contributed by atoms with E-state index in [0.717, 1.165) is 21.9 Å². The molecular formula is C23H26FN7O4S. The molecule has 2 amide bonds. The molecule has 0 saturated carbocycles. The Morgan fingerprint density at radius 1 is 1.33 bits per heavy atom. The number of carbonyl (C=O) groups excluding carboxylic acids is 2. The van der Waals surface area contributed by atoms with Gasteiger partial charge in [-0.1, -0.05) is 23.5 Å². The van der Waals surface area contributed by atoms with Crippen LogP contribution in [0.3, 0.4) is 0 Å². The number of hydrogen-bond acceptors (Lipinski definition) is 9. The molecule has 2 atom stereocenters. The first-order chi connectivity index (χ1) is 17.0. The lowest BCUT2D eigenvalue weighted by Crippen LogP contribution is -2.63. The van der Waals surface area contributed by atoms with Crippen LogP contribution in [0, 0.1) is 5.82 Å². The smallest absolute Gasteiger partial charge is 0.275 e. The summed E-state index contributed by atoms with van der Waals surface area (Å²) in [6.07, 6.45) is 1.22. The SMILES string of the molecule is CNC(C)N1CC(C)(C(=O)N(C)N)n2cc(-c3nnc(Cc4ccc(F)cc4)s3)c(=O)c(O)c2C1=O. The average molecular weight is 516 g/mol. The highest BCUT2D eigenvalue weighted by atomic mass is 32.1. The second-order valence-corrected chi connectivity index (χ2v) is 9.89. The predicted octanol–water partition coefficient (Wildman–Crippen LogP) is 0.871. The molecule has 11 nitrogen and oxygen atoms in total. The van der Waals surface area contributed by atoms with Crippen LogP contribution in [0.4, 0.5) is 4.39 Å². The molecule has 2 unspecified atom stereocenters. The van der Waals surface area contributed by atoms with E-state index in [1.807, 2.05) is 0 Å². The van der Waals surface area contributed by atoms with Crippen molar-refractivity contribution in [2.75, 3.05) is 20.6 Å². The number of aromatic hydroxyl groups is 1. The lowest BCUT2D eigenvalue weighted by molar-refractivity contribution is -0.140. The Morgan fingerprint density at radius 3 is 2.61 bits per heavy atom. The van der Waals surface area contributed by atoms with Crippen LogP contribution in [0.2, 0.25) is 0 Å². The van der Waals surface area contributed by atoms with Gasteiger partial charge in [0.05, 0.1) is 18.3 Å². The normalized spacial score (nSPS) is 18.2. The monoisotopic (exact) mass is 515 g/mol. The van der Waals surface area contributed by atoms with Gasteiger partial charge in [0.25, 0.3) is 11.8 Å². The number of nitrogens with one attached hydrogen (secondary N) is 1. The largest absolute Gasteiger partial charge is 0.503 e. The van der Waals surface area contributed by atoms with E-state index in [1.165, 1.54) is 34.8 Å². The van der Waals surface area contributed by atoms with E-state index >= 15 is 0 Å². The number of rotatable bonds is 6. The quantitative estimate of drug-likeness (QED) is 0.249. The fourth-order valence-electron chi connectivity index (χ4n) is 4.19. The van der Waals surface area contributed by atoms with E-state index in [1.54, 1.807) is 33.0 Å². The number of nitrogens with two attached hydrogens (primary N) is 1. The highest BCUT2D eigenvalue weighted by Gasteiger charge is 2.48. The fraction of sp³-hybridized carbons (Fsp3) is 0.348. The van der Waals surface area contributed by atoms with E-state index in [9.17, 15) is 23.9 Å². The summed E-state index contributed by atoms with van der Waals surface area (Å²) in [6.45, 7) is 3.24. The second-order valence-electron chi connectivity index (χ2n) is 8.83. The van der Waals surface area contributed by atoms with Crippen LogP contribution in [0.15, 0.2) is 35.3 Å². The Bertz CT molecular complexity index is 1390. The van der Waals surface area contributed by atoms with Crippen molar-refractivity contribution in [1.82, 2.24) is 30.0 Å². The minimum Gasteiger partial charge on any atom is -0.503 e. The summed E-state index contributed by atoms with van der Waals surface area (Å²) in [6, 6.07) is 5.93. The van der Waals surface area contributed by atoms with Crippen molar-refractivity contribution in [3.8, 4) is 16.3 Å². The lowest BCUT2D eigenvalue weighted by Gasteiger charge is -2.45. The van der Waals surface area contributed by atoms with E-state index < -0.39 is 34.7 Å². The van der Waals surface area contributed by atoms with E-state index in [-0.39, 0.29) is 28.6 Å². The Hall–Kier alpha value is -3.68. The van der Waals surface area contributed by atoms with E-state index in [2.05, 4.69) is 15.5 Å². The number of aromatic nitrogens is 3. The molecule has 0 spiro atoms. The van der Waals surface area contributed by atoms with Gasteiger partial charge < -0.3 is 19.9 Å². The van der Waals surface area contributed by atoms with E-state index in [4.69, 9.17) is 5.84 Å². The Kier molecular flexibility index (Phi) is 6.64. The van der Waals surface area contributed by atoms with Crippen LogP contribution in [0.5, 0.6) is 5.75 Å². The molecule has 1 aliphatic rings. The standard InChI is InChI=1S/C23H26FN7O4S/c1-12(26-3)30-11-23(2,22(35)29(4)25)31-10-15(18(32)19(33)17(31)21(30)34)20-28-27-16(36-20)9-13-5-7-14(24)8-6-13/h5-8,10,12,26,33H,9,11,25H2,1-4H3. The second kappa shape index (κ2) is 9.41. The number of hydrogen-bond donors (Lipinski definition) is 3. The first-order valence-electron chi connectivity index (χ1n) is 11.0. The number of pyridine rings is 1. The Balaban J connectivity index is 1.84. The molecule has 0 radical (unpaired) electrons. The summed E-state index contributed by atoms with van der Waals surface area (Å²) in [5.74, 6) is 3.49. The number of carbonyl (C=O) groups is 2. The molecule has 3 heterocycles. The van der Waals surface area contributed by atoms with Crippen molar-refractivity contribution in [1.29, 1.82) is 0 Å². The maximum absolute atomic E-state index is 13.3. The van der Waals surface area contributed by atoms with Crippen molar-refractivity contribution < 1.29 is 19.1 Å². The molecule has 13 heteroatoms. The highest BCUT2D eigenvalue weighted by Crippen LogP contribution is 2.35. The summed E-state index contributed by atoms with van der Waals surface area (Å²) < 4.78 is 14.5. The highest BCUT2D eigenvalue weighted by molar-refractivity contribution is 7.14. The predicted molar refractivity (Wildman–Crippen MR) is 131 cm³/mol. The third kappa shape index (κ3) is 4.25. The molecule has 0 fully saturated rings. The van der Waals surface area contributed by atoms with Gasteiger partial charge in [-0.2, -0.15) is 0 Å². The van der Waals surface area contributed by atoms with Crippen LogP contribution in [-0.4, -0.2) is 68.4 Å². The molecule has 4 N–H and O–H groups in total. The molecule has 2 aromatic heterocycles. The van der Waals surface area contributed by atoms with Gasteiger partial charge >= 0.3 is 0 Å². The van der Waals surface area contributed by atoms with Crippen LogP contribution in [0.25, 0.3) is 10.6 Å². The van der Waals surface area contributed by atoms with Crippen molar-refractivity contribution in [3.63, 3.8) is 0 Å². The van der Waals surface area contributed by atoms with Crippen molar-refractivity contribution >= 4 is 23.2 Å². The first kappa shape index (κ1) is 25.4. The minimum atomic E-state index is -1.43. The van der Waals surface area contributed by atoms with Crippen molar-refractivity contribution in [3.05, 3.63) is 62.8 Å². The molecule has 1 aromatic carbocycles. The van der Waals surface area contributed by atoms with Gasteiger partial charge in [-0.15, -0.1) is 10.2 Å². The Morgan fingerprint density at radius 2 is 2.00 bits per heavy atom. The summed E-state index contributed by atoms with van der Waals surface area (Å²) in [5, 5.41) is 23.7. The average Bonchev–Trinajstić information content (AvgIpc) is 3.31. The molecule has 0 aliphatic carbocycles. The maximum atomic E-state index is 13.3. The number of hydrazine groups is 1. The fourth-order valence-corrected chi connectivity index (χ4v) is 5.07. The van der Waals surface area contributed by atoms with Crippen LogP contribution in [0.1, 0.15) is 34.9 Å². The van der Waals surface area contributed by atoms with Crippen molar-refractivity contribution in [2.45, 2.75) is 32.0 Å². The molecule has 0 bridgehead atoms. The third-order valence-electron chi connectivity index (χ3n) is 6.29. The molecule has 36 heavy (non-hydrogen) atoms. The number of benzene rings is 1. The zero-order chi connectivity index (χ0) is 26.4. The van der Waals surface area contributed by atoms with Crippen molar-refractivity contribution in [2.24, 2.45) is 5.84 Å². The maximum Gasteiger partial charge on any atom is 0.275 e. The number of halogens is 1. The summed E-state index contributed by atoms with van der Waals surface area (Å²) in [7, 11) is 3.03.